The molecule has 0 saturated heterocycles. The summed E-state index contributed by atoms with van der Waals surface area (Å²) in [4.78, 5) is 41.9. The van der Waals surface area contributed by atoms with Gasteiger partial charge < -0.3 is 14.6 Å². The number of aliphatic imine (C=N–C) groups is 1. The van der Waals surface area contributed by atoms with Gasteiger partial charge in [-0.15, -0.1) is 11.6 Å². The van der Waals surface area contributed by atoms with Crippen molar-refractivity contribution in [1.29, 1.82) is 0 Å². The molecule has 8 heteroatoms. The standard InChI is InChI=1S/C29H40ClNO6/c1-7-24(34)36-16-23(33)29(37-25(35)8-2)17(3)13-21-20-10-9-18-14-19(31-6)11-12-26(18,4)28(20,30)22(32)15-27(21,29)5/h11-12,14,17,20-22,32H,7-10,13,15-16H2,1-6H3/t17-,20-,21-,22-,26-,27-,28-,29-/m0/s1. The minimum Gasteiger partial charge on any atom is -0.457 e. The Balaban J connectivity index is 1.80. The Morgan fingerprint density at radius 1 is 1.16 bits per heavy atom. The van der Waals surface area contributed by atoms with E-state index in [0.717, 1.165) is 24.1 Å². The van der Waals surface area contributed by atoms with Crippen molar-refractivity contribution in [1.82, 2.24) is 0 Å². The molecule has 0 aliphatic heterocycles. The van der Waals surface area contributed by atoms with Crippen molar-refractivity contribution < 1.29 is 29.0 Å². The molecule has 7 nitrogen and oxygen atoms in total. The number of allylic oxidation sites excluding steroid dienone is 4. The molecular weight excluding hydrogens is 494 g/mol. The van der Waals surface area contributed by atoms with Gasteiger partial charge in [-0.05, 0) is 49.7 Å². The maximum Gasteiger partial charge on any atom is 0.306 e. The predicted molar refractivity (Wildman–Crippen MR) is 141 cm³/mol. The fraction of sp³-hybridized carbons (Fsp3) is 0.724. The predicted octanol–water partition coefficient (Wildman–Crippen LogP) is 4.59. The number of hydrogen-bond acceptors (Lipinski definition) is 7. The number of esters is 2. The first kappa shape index (κ1) is 28.0. The van der Waals surface area contributed by atoms with Crippen LogP contribution in [0.15, 0.2) is 28.8 Å². The van der Waals surface area contributed by atoms with Crippen molar-refractivity contribution in [3.8, 4) is 0 Å². The normalized spacial score (nSPS) is 43.4. The van der Waals surface area contributed by atoms with Gasteiger partial charge in [0.05, 0.1) is 16.7 Å². The summed E-state index contributed by atoms with van der Waals surface area (Å²) < 4.78 is 11.4. The number of hydrogen-bond donors (Lipinski definition) is 1. The molecule has 0 aromatic heterocycles. The second-order valence-corrected chi connectivity index (χ2v) is 12.3. The molecule has 0 unspecified atom stereocenters. The molecule has 4 rings (SSSR count). The average Bonchev–Trinajstić information content (AvgIpc) is 3.09. The zero-order valence-electron chi connectivity index (χ0n) is 22.8. The number of ether oxygens (including phenoxy) is 2. The molecule has 0 heterocycles. The SMILES string of the molecule is CCC(=O)OCC(=O)[C@@]1(OC(=O)CC)[C@@H](C)C[C@H]2[C@@H]3CCC4=CC(=NC)C=C[C@]4(C)[C@@]3(Cl)[C@@H](O)C[C@@]21C. The number of carbonyl (C=O) groups excluding carboxylic acids is 3. The molecule has 0 radical (unpaired) electrons. The van der Waals surface area contributed by atoms with Gasteiger partial charge in [0.1, 0.15) is 0 Å². The molecule has 0 bridgehead atoms. The number of Topliss-reactive ketones (excluding diaryl/α,β-unsaturated/α-hetero) is 1. The van der Waals surface area contributed by atoms with Gasteiger partial charge in [-0.2, -0.15) is 0 Å². The van der Waals surface area contributed by atoms with E-state index in [0.29, 0.717) is 6.42 Å². The third-order valence-corrected chi connectivity index (χ3v) is 11.0. The highest BCUT2D eigenvalue weighted by molar-refractivity contribution is 6.26. The third kappa shape index (κ3) is 3.78. The van der Waals surface area contributed by atoms with E-state index >= 15 is 0 Å². The lowest BCUT2D eigenvalue weighted by Gasteiger charge is -2.64. The highest BCUT2D eigenvalue weighted by Crippen LogP contribution is 2.72. The van der Waals surface area contributed by atoms with Crippen molar-refractivity contribution in [2.45, 2.75) is 89.7 Å². The zero-order chi connectivity index (χ0) is 27.4. The summed E-state index contributed by atoms with van der Waals surface area (Å²) in [6.45, 7) is 8.86. The molecule has 0 amide bonds. The quantitative estimate of drug-likeness (QED) is 0.396. The van der Waals surface area contributed by atoms with Gasteiger partial charge in [-0.1, -0.05) is 46.3 Å². The highest BCUT2D eigenvalue weighted by atomic mass is 35.5. The van der Waals surface area contributed by atoms with Gasteiger partial charge in [0.2, 0.25) is 5.78 Å². The van der Waals surface area contributed by atoms with Crippen molar-refractivity contribution in [2.75, 3.05) is 13.7 Å². The van der Waals surface area contributed by atoms with E-state index < -0.39 is 51.7 Å². The topological polar surface area (TPSA) is 102 Å². The molecule has 4 aliphatic carbocycles. The number of ketones is 1. The lowest BCUT2D eigenvalue weighted by atomic mass is 9.45. The van der Waals surface area contributed by atoms with E-state index in [4.69, 9.17) is 21.1 Å². The van der Waals surface area contributed by atoms with Crippen molar-refractivity contribution in [3.63, 3.8) is 0 Å². The van der Waals surface area contributed by atoms with E-state index in [1.54, 1.807) is 20.9 Å². The summed E-state index contributed by atoms with van der Waals surface area (Å²) >= 11 is 7.59. The summed E-state index contributed by atoms with van der Waals surface area (Å²) in [6.07, 6.45) is 7.78. The Hall–Kier alpha value is -1.99. The highest BCUT2D eigenvalue weighted by Gasteiger charge is 2.76. The molecule has 1 N–H and O–H groups in total. The van der Waals surface area contributed by atoms with Crippen molar-refractivity contribution >= 4 is 35.0 Å². The van der Waals surface area contributed by atoms with Gasteiger partial charge in [0, 0.05) is 36.6 Å². The molecule has 3 fully saturated rings. The molecule has 204 valence electrons. The molecule has 0 aromatic carbocycles. The smallest absolute Gasteiger partial charge is 0.306 e. The number of aliphatic hydroxyl groups excluding tert-OH is 1. The fourth-order valence-electron chi connectivity index (χ4n) is 8.15. The summed E-state index contributed by atoms with van der Waals surface area (Å²) in [6, 6.07) is 0. The van der Waals surface area contributed by atoms with Crippen LogP contribution < -0.4 is 0 Å². The van der Waals surface area contributed by atoms with Gasteiger partial charge in [0.25, 0.3) is 0 Å². The fourth-order valence-corrected chi connectivity index (χ4v) is 8.68. The number of alkyl halides is 1. The zero-order valence-corrected chi connectivity index (χ0v) is 23.6. The first-order chi connectivity index (χ1) is 17.3. The van der Waals surface area contributed by atoms with E-state index in [1.807, 2.05) is 19.9 Å². The molecule has 8 atom stereocenters. The maximum absolute atomic E-state index is 13.9. The average molecular weight is 534 g/mol. The molecule has 0 spiro atoms. The second-order valence-electron chi connectivity index (χ2n) is 11.6. The minimum absolute atomic E-state index is 0.0769. The number of nitrogens with zero attached hydrogens (tertiary/aromatic N) is 1. The van der Waals surface area contributed by atoms with Crippen LogP contribution in [-0.2, 0) is 23.9 Å². The lowest BCUT2D eigenvalue weighted by Crippen LogP contribution is -2.69. The van der Waals surface area contributed by atoms with Crippen LogP contribution in [0.3, 0.4) is 0 Å². The van der Waals surface area contributed by atoms with Crippen LogP contribution >= 0.6 is 11.6 Å². The van der Waals surface area contributed by atoms with E-state index in [2.05, 4.69) is 24.1 Å². The first-order valence-corrected chi connectivity index (χ1v) is 13.9. The Kier molecular flexibility index (Phi) is 7.30. The van der Waals surface area contributed by atoms with Crippen molar-refractivity contribution in [2.24, 2.45) is 33.6 Å². The van der Waals surface area contributed by atoms with Crippen LogP contribution in [0.2, 0.25) is 0 Å². The van der Waals surface area contributed by atoms with Crippen LogP contribution in [0.1, 0.15) is 73.1 Å². The van der Waals surface area contributed by atoms with E-state index in [1.165, 1.54) is 0 Å². The number of rotatable bonds is 6. The van der Waals surface area contributed by atoms with Crippen LogP contribution in [-0.4, -0.2) is 58.8 Å². The van der Waals surface area contributed by atoms with E-state index in [-0.39, 0.29) is 37.0 Å². The van der Waals surface area contributed by atoms with Gasteiger partial charge in [-0.3, -0.25) is 19.4 Å². The number of aliphatic hydroxyl groups is 1. The molecule has 37 heavy (non-hydrogen) atoms. The van der Waals surface area contributed by atoms with Crippen molar-refractivity contribution in [3.05, 3.63) is 23.8 Å². The van der Waals surface area contributed by atoms with Crippen LogP contribution in [0.4, 0.5) is 0 Å². The van der Waals surface area contributed by atoms with Crippen LogP contribution in [0, 0.1) is 28.6 Å². The summed E-state index contributed by atoms with van der Waals surface area (Å²) in [5.74, 6) is -1.92. The van der Waals surface area contributed by atoms with Gasteiger partial charge in [-0.25, -0.2) is 0 Å². The molecule has 0 aromatic rings. The summed E-state index contributed by atoms with van der Waals surface area (Å²) in [7, 11) is 1.76. The third-order valence-electron chi connectivity index (χ3n) is 10.1. The van der Waals surface area contributed by atoms with E-state index in [9.17, 15) is 19.5 Å². The largest absolute Gasteiger partial charge is 0.457 e. The first-order valence-electron chi connectivity index (χ1n) is 13.5. The molecule has 4 aliphatic rings. The monoisotopic (exact) mass is 533 g/mol. The maximum atomic E-state index is 13.9. The summed E-state index contributed by atoms with van der Waals surface area (Å²) in [5.41, 5.74) is -0.932. The number of halogens is 1. The Bertz CT molecular complexity index is 1080. The Labute approximate surface area is 224 Å². The van der Waals surface area contributed by atoms with Crippen LogP contribution in [0.25, 0.3) is 0 Å². The summed E-state index contributed by atoms with van der Waals surface area (Å²) in [5, 5.41) is 11.9. The minimum atomic E-state index is -1.51. The number of fused-ring (bicyclic) bond motifs is 5. The molecular formula is C29H40ClNO6. The number of carbonyl (C=O) groups is 3. The lowest BCUT2D eigenvalue weighted by molar-refractivity contribution is -0.203. The van der Waals surface area contributed by atoms with Gasteiger partial charge >= 0.3 is 11.9 Å². The van der Waals surface area contributed by atoms with Gasteiger partial charge in [0.15, 0.2) is 12.2 Å². The Morgan fingerprint density at radius 3 is 2.46 bits per heavy atom. The molecule has 3 saturated carbocycles. The second kappa shape index (κ2) is 9.64. The van der Waals surface area contributed by atoms with Crippen LogP contribution in [0.5, 0.6) is 0 Å². The Morgan fingerprint density at radius 2 is 1.84 bits per heavy atom.